The maximum Gasteiger partial charge on any atom is 0.307 e. The van der Waals surface area contributed by atoms with Crippen molar-refractivity contribution < 1.29 is 4.39 Å². The molecule has 0 aliphatic heterocycles. The summed E-state index contributed by atoms with van der Waals surface area (Å²) < 4.78 is 14.8. The van der Waals surface area contributed by atoms with Gasteiger partial charge in [0.05, 0.1) is 6.54 Å². The Labute approximate surface area is 102 Å². The molecular weight excluding hydrogens is 239 g/mol. The molecule has 0 spiro atoms. The van der Waals surface area contributed by atoms with Crippen molar-refractivity contribution >= 4 is 17.0 Å². The highest BCUT2D eigenvalue weighted by Crippen LogP contribution is 2.15. The summed E-state index contributed by atoms with van der Waals surface area (Å²) in [5.74, 6) is -0.377. The molecule has 0 bridgehead atoms. The van der Waals surface area contributed by atoms with Crippen LogP contribution in [0, 0.1) is 19.7 Å². The molecule has 0 aliphatic rings. The Hall–Kier alpha value is -1.62. The van der Waals surface area contributed by atoms with Gasteiger partial charge in [0, 0.05) is 16.3 Å². The molecule has 2 N–H and O–H groups in total. The lowest BCUT2D eigenvalue weighted by Gasteiger charge is -2.06. The van der Waals surface area contributed by atoms with E-state index in [1.165, 1.54) is 23.5 Å². The lowest BCUT2D eigenvalue weighted by Crippen LogP contribution is -2.15. The van der Waals surface area contributed by atoms with E-state index >= 15 is 0 Å². The van der Waals surface area contributed by atoms with E-state index in [-0.39, 0.29) is 10.7 Å². The highest BCUT2D eigenvalue weighted by atomic mass is 32.1. The van der Waals surface area contributed by atoms with Crippen LogP contribution in [0.25, 0.3) is 0 Å². The largest absolute Gasteiger partial charge is 0.399 e. The molecule has 0 radical (unpaired) electrons. The molecule has 17 heavy (non-hydrogen) atoms. The molecule has 0 unspecified atom stereocenters. The van der Waals surface area contributed by atoms with Crippen molar-refractivity contribution in [1.29, 1.82) is 0 Å². The first-order chi connectivity index (χ1) is 7.97. The van der Waals surface area contributed by atoms with Crippen LogP contribution in [0.2, 0.25) is 0 Å². The van der Waals surface area contributed by atoms with Gasteiger partial charge in [-0.15, -0.1) is 0 Å². The summed E-state index contributed by atoms with van der Waals surface area (Å²) in [7, 11) is 0. The van der Waals surface area contributed by atoms with Crippen molar-refractivity contribution in [2.45, 2.75) is 20.4 Å². The number of thiazole rings is 1. The van der Waals surface area contributed by atoms with Gasteiger partial charge in [-0.2, -0.15) is 0 Å². The second-order valence-electron chi connectivity index (χ2n) is 3.99. The van der Waals surface area contributed by atoms with E-state index in [1.807, 2.05) is 13.8 Å². The zero-order chi connectivity index (χ0) is 12.6. The van der Waals surface area contributed by atoms with Gasteiger partial charge in [0.15, 0.2) is 0 Å². The molecule has 2 aromatic rings. The van der Waals surface area contributed by atoms with E-state index in [2.05, 4.69) is 0 Å². The third-order valence-electron chi connectivity index (χ3n) is 2.70. The maximum absolute atomic E-state index is 13.2. The molecule has 3 nitrogen and oxygen atoms in total. The minimum atomic E-state index is -0.377. The molecule has 0 aliphatic carbocycles. The molecule has 0 saturated carbocycles. The molecule has 90 valence electrons. The highest BCUT2D eigenvalue weighted by Gasteiger charge is 2.08. The highest BCUT2D eigenvalue weighted by molar-refractivity contribution is 7.09. The molecular formula is C12H13FN2OS. The Morgan fingerprint density at radius 1 is 1.35 bits per heavy atom. The van der Waals surface area contributed by atoms with Crippen LogP contribution in [-0.4, -0.2) is 4.57 Å². The number of nitrogens with zero attached hydrogens (tertiary/aromatic N) is 1. The fraction of sp³-hybridized carbons (Fsp3) is 0.250. The van der Waals surface area contributed by atoms with Gasteiger partial charge in [0.25, 0.3) is 0 Å². The Balaban J connectivity index is 2.41. The Kier molecular flexibility index (Phi) is 3.02. The normalized spacial score (nSPS) is 10.8. The quantitative estimate of drug-likeness (QED) is 0.834. The summed E-state index contributed by atoms with van der Waals surface area (Å²) in [6.45, 7) is 4.14. The number of aromatic nitrogens is 1. The number of nitrogen functional groups attached to an aromatic ring is 1. The SMILES string of the molecule is Cc1sc(=O)n(Cc2cc(N)cc(F)c2)c1C. The van der Waals surface area contributed by atoms with Crippen LogP contribution in [0.5, 0.6) is 0 Å². The summed E-state index contributed by atoms with van der Waals surface area (Å²) in [5, 5.41) is 0. The molecule has 5 heteroatoms. The minimum absolute atomic E-state index is 0.0252. The number of halogens is 1. The first kappa shape index (κ1) is 11.9. The van der Waals surface area contributed by atoms with E-state index in [0.717, 1.165) is 10.6 Å². The van der Waals surface area contributed by atoms with Crippen LogP contribution in [0.3, 0.4) is 0 Å². The number of benzene rings is 1. The van der Waals surface area contributed by atoms with Gasteiger partial charge in [-0.3, -0.25) is 9.36 Å². The number of hydrogen-bond donors (Lipinski definition) is 1. The molecule has 0 atom stereocenters. The Bertz CT molecular complexity index is 595. The number of rotatable bonds is 2. The average molecular weight is 252 g/mol. The summed E-state index contributed by atoms with van der Waals surface area (Å²) in [5.41, 5.74) is 7.56. The van der Waals surface area contributed by atoms with Crippen LogP contribution in [0.4, 0.5) is 10.1 Å². The summed E-state index contributed by atoms with van der Waals surface area (Å²) >= 11 is 1.21. The number of aryl methyl sites for hydroxylation is 1. The fourth-order valence-electron chi connectivity index (χ4n) is 1.72. The molecule has 0 fully saturated rings. The number of hydrogen-bond acceptors (Lipinski definition) is 3. The third kappa shape index (κ3) is 2.39. The number of nitrogens with two attached hydrogens (primary N) is 1. The second-order valence-corrected chi connectivity index (χ2v) is 5.15. The molecule has 1 heterocycles. The average Bonchev–Trinajstić information content (AvgIpc) is 2.44. The van der Waals surface area contributed by atoms with E-state index in [4.69, 9.17) is 5.73 Å². The van der Waals surface area contributed by atoms with E-state index in [0.29, 0.717) is 17.8 Å². The summed E-state index contributed by atoms with van der Waals surface area (Å²) in [6.07, 6.45) is 0. The van der Waals surface area contributed by atoms with Gasteiger partial charge in [-0.05, 0) is 37.6 Å². The van der Waals surface area contributed by atoms with Crippen LogP contribution in [0.15, 0.2) is 23.0 Å². The van der Waals surface area contributed by atoms with Gasteiger partial charge in [0.2, 0.25) is 0 Å². The van der Waals surface area contributed by atoms with Gasteiger partial charge in [-0.25, -0.2) is 4.39 Å². The Morgan fingerprint density at radius 3 is 2.59 bits per heavy atom. The van der Waals surface area contributed by atoms with Crippen LogP contribution in [-0.2, 0) is 6.54 Å². The lowest BCUT2D eigenvalue weighted by molar-refractivity contribution is 0.623. The molecule has 0 amide bonds. The first-order valence-corrected chi connectivity index (χ1v) is 6.01. The summed E-state index contributed by atoms with van der Waals surface area (Å²) in [6, 6.07) is 4.34. The standard InChI is InChI=1S/C12H13FN2OS/c1-7-8(2)17-12(16)15(7)6-9-3-10(13)5-11(14)4-9/h3-5H,6,14H2,1-2H3. The first-order valence-electron chi connectivity index (χ1n) is 5.19. The zero-order valence-electron chi connectivity index (χ0n) is 9.66. The van der Waals surface area contributed by atoms with Crippen molar-refractivity contribution in [1.82, 2.24) is 4.57 Å². The van der Waals surface area contributed by atoms with Crippen molar-refractivity contribution in [3.63, 3.8) is 0 Å². The van der Waals surface area contributed by atoms with Crippen molar-refractivity contribution in [2.75, 3.05) is 5.73 Å². The van der Waals surface area contributed by atoms with Crippen molar-refractivity contribution in [3.8, 4) is 0 Å². The van der Waals surface area contributed by atoms with E-state index < -0.39 is 0 Å². The topological polar surface area (TPSA) is 48.0 Å². The third-order valence-corrected chi connectivity index (χ3v) is 3.69. The smallest absolute Gasteiger partial charge is 0.307 e. The molecule has 1 aromatic carbocycles. The predicted octanol–water partition coefficient (Wildman–Crippen LogP) is 2.30. The second kappa shape index (κ2) is 4.33. The van der Waals surface area contributed by atoms with Crippen molar-refractivity contribution in [3.05, 3.63) is 49.8 Å². The molecule has 0 saturated heterocycles. The van der Waals surface area contributed by atoms with Crippen molar-refractivity contribution in [2.24, 2.45) is 0 Å². The molecule has 2 rings (SSSR count). The number of anilines is 1. The minimum Gasteiger partial charge on any atom is -0.399 e. The summed E-state index contributed by atoms with van der Waals surface area (Å²) in [4.78, 5) is 12.7. The Morgan fingerprint density at radius 2 is 2.06 bits per heavy atom. The predicted molar refractivity (Wildman–Crippen MR) is 68.0 cm³/mol. The fourth-order valence-corrected chi connectivity index (χ4v) is 2.55. The van der Waals surface area contributed by atoms with E-state index in [9.17, 15) is 9.18 Å². The monoisotopic (exact) mass is 252 g/mol. The maximum atomic E-state index is 13.2. The molecule has 1 aromatic heterocycles. The lowest BCUT2D eigenvalue weighted by atomic mass is 10.2. The van der Waals surface area contributed by atoms with Gasteiger partial charge in [-0.1, -0.05) is 11.3 Å². The zero-order valence-corrected chi connectivity index (χ0v) is 10.5. The van der Waals surface area contributed by atoms with Crippen LogP contribution < -0.4 is 10.6 Å². The van der Waals surface area contributed by atoms with Gasteiger partial charge >= 0.3 is 4.87 Å². The van der Waals surface area contributed by atoms with Gasteiger partial charge < -0.3 is 5.73 Å². The van der Waals surface area contributed by atoms with E-state index in [1.54, 1.807) is 10.6 Å². The van der Waals surface area contributed by atoms with Gasteiger partial charge in [0.1, 0.15) is 5.82 Å². The van der Waals surface area contributed by atoms with Crippen LogP contribution >= 0.6 is 11.3 Å². The van der Waals surface area contributed by atoms with Crippen LogP contribution in [0.1, 0.15) is 16.1 Å².